The van der Waals surface area contributed by atoms with Gasteiger partial charge >= 0.3 is 0 Å². The largest absolute Gasteiger partial charge is 0.331 e. The third-order valence-corrected chi connectivity index (χ3v) is 8.41. The molecule has 0 aliphatic rings. The zero-order chi connectivity index (χ0) is 10.5. The van der Waals surface area contributed by atoms with Crippen LogP contribution in [0.25, 0.3) is 0 Å². The fourth-order valence-corrected chi connectivity index (χ4v) is 5.44. The molecular weight excluding hydrogens is 198 g/mol. The summed E-state index contributed by atoms with van der Waals surface area (Å²) in [5.74, 6) is 0.783. The number of nitrogens with zero attached hydrogens (tertiary/aromatic N) is 1. The first-order valence-electron chi connectivity index (χ1n) is 5.27. The van der Waals surface area contributed by atoms with Gasteiger partial charge in [0.25, 0.3) is 0 Å². The van der Waals surface area contributed by atoms with Crippen LogP contribution in [0.2, 0.25) is 18.6 Å². The summed E-state index contributed by atoms with van der Waals surface area (Å²) >= 11 is 5.80. The predicted molar refractivity (Wildman–Crippen MR) is 65.1 cm³/mol. The molecule has 0 aliphatic carbocycles. The molecule has 0 atom stereocenters. The van der Waals surface area contributed by atoms with E-state index >= 15 is 0 Å². The first-order valence-corrected chi connectivity index (χ1v) is 8.92. The van der Waals surface area contributed by atoms with Crippen LogP contribution in [0.3, 0.4) is 0 Å². The zero-order valence-corrected chi connectivity index (χ0v) is 11.6. The topological polar surface area (TPSA) is 0 Å². The average molecular weight is 223 g/mol. The third-order valence-electron chi connectivity index (χ3n) is 3.21. The van der Waals surface area contributed by atoms with Crippen molar-refractivity contribution in [2.45, 2.75) is 32.5 Å². The maximum Gasteiger partial charge on any atom is 0.116 e. The Balaban J connectivity index is 4.21. The van der Waals surface area contributed by atoms with Crippen molar-refractivity contribution < 1.29 is 4.48 Å². The molecule has 0 N–H and O–H groups in total. The van der Waals surface area contributed by atoms with Gasteiger partial charge in [0.05, 0.1) is 32.7 Å². The van der Waals surface area contributed by atoms with Crippen molar-refractivity contribution in [3.05, 3.63) is 0 Å². The molecule has 13 heavy (non-hydrogen) atoms. The molecule has 3 heteroatoms. The van der Waals surface area contributed by atoms with Crippen LogP contribution in [0, 0.1) is 0 Å². The minimum Gasteiger partial charge on any atom is -0.331 e. The number of hydrogen-bond donors (Lipinski definition) is 0. The van der Waals surface area contributed by atoms with Gasteiger partial charge in [0.2, 0.25) is 0 Å². The van der Waals surface area contributed by atoms with Crippen LogP contribution in [0.4, 0.5) is 0 Å². The summed E-state index contributed by atoms with van der Waals surface area (Å²) in [5.41, 5.74) is 0. The van der Waals surface area contributed by atoms with E-state index in [2.05, 4.69) is 34.5 Å². The number of hydrogen-bond acceptors (Lipinski definition) is 0. The number of rotatable bonds is 6. The highest BCUT2D eigenvalue weighted by molar-refractivity contribution is 6.78. The second kappa shape index (κ2) is 5.37. The molecular formula is C10H25ClNSi+. The number of alkyl halides is 1. The summed E-state index contributed by atoms with van der Waals surface area (Å²) in [6, 6.07) is 2.79. The van der Waals surface area contributed by atoms with Gasteiger partial charge in [-0.3, -0.25) is 0 Å². The average Bonchev–Trinajstić information content (AvgIpc) is 2.03. The molecule has 0 fully saturated rings. The smallest absolute Gasteiger partial charge is 0.116 e. The van der Waals surface area contributed by atoms with Crippen LogP contribution >= 0.6 is 11.6 Å². The van der Waals surface area contributed by atoms with E-state index in [9.17, 15) is 0 Å². The summed E-state index contributed by atoms with van der Waals surface area (Å²) < 4.78 is 1.11. The van der Waals surface area contributed by atoms with Crippen molar-refractivity contribution in [1.29, 1.82) is 0 Å². The quantitative estimate of drug-likeness (QED) is 0.368. The monoisotopic (exact) mass is 222 g/mol. The lowest BCUT2D eigenvalue weighted by atomic mass is 10.6. The lowest BCUT2D eigenvalue weighted by molar-refractivity contribution is -0.878. The summed E-state index contributed by atoms with van der Waals surface area (Å²) in [6.07, 6.45) is 1.37. The Kier molecular flexibility index (Phi) is 5.57. The van der Waals surface area contributed by atoms with E-state index in [4.69, 9.17) is 11.6 Å². The molecule has 80 valence electrons. The minimum atomic E-state index is -0.956. The summed E-state index contributed by atoms with van der Waals surface area (Å²) in [5, 5.41) is 0. The van der Waals surface area contributed by atoms with E-state index in [1.165, 1.54) is 18.3 Å². The molecule has 0 saturated heterocycles. The molecule has 0 saturated carbocycles. The molecule has 0 aromatic rings. The van der Waals surface area contributed by atoms with Crippen molar-refractivity contribution in [3.63, 3.8) is 0 Å². The van der Waals surface area contributed by atoms with Crippen molar-refractivity contribution in [1.82, 2.24) is 0 Å². The van der Waals surface area contributed by atoms with E-state index in [1.54, 1.807) is 0 Å². The van der Waals surface area contributed by atoms with Gasteiger partial charge in [0.15, 0.2) is 0 Å². The molecule has 0 rings (SSSR count). The maximum absolute atomic E-state index is 5.80. The van der Waals surface area contributed by atoms with Crippen molar-refractivity contribution in [2.24, 2.45) is 0 Å². The minimum absolute atomic E-state index is 0.783. The first kappa shape index (κ1) is 13.5. The Bertz CT molecular complexity index is 144. The first-order chi connectivity index (χ1) is 5.89. The molecule has 0 aromatic heterocycles. The molecule has 0 radical (unpaired) electrons. The predicted octanol–water partition coefficient (Wildman–Crippen LogP) is 2.96. The Morgan fingerprint density at radius 3 is 1.92 bits per heavy atom. The van der Waals surface area contributed by atoms with Gasteiger partial charge in [-0.25, -0.2) is 0 Å². The van der Waals surface area contributed by atoms with Gasteiger partial charge in [0.1, 0.15) is 8.07 Å². The number of quaternary nitrogens is 1. The van der Waals surface area contributed by atoms with Crippen LogP contribution in [-0.2, 0) is 0 Å². The highest BCUT2D eigenvalue weighted by Crippen LogP contribution is 2.18. The van der Waals surface area contributed by atoms with Crippen LogP contribution in [0.1, 0.15) is 13.8 Å². The van der Waals surface area contributed by atoms with E-state index < -0.39 is 8.07 Å². The second-order valence-corrected chi connectivity index (χ2v) is 10.8. The summed E-state index contributed by atoms with van der Waals surface area (Å²) in [4.78, 5) is 0. The van der Waals surface area contributed by atoms with Gasteiger partial charge < -0.3 is 4.48 Å². The van der Waals surface area contributed by atoms with Gasteiger partial charge in [-0.2, -0.15) is 0 Å². The molecule has 0 unspecified atom stereocenters. The molecule has 0 amide bonds. The summed E-state index contributed by atoms with van der Waals surface area (Å²) in [7, 11) is 3.65. The maximum atomic E-state index is 5.80. The van der Waals surface area contributed by atoms with Gasteiger partial charge in [-0.15, -0.1) is 11.6 Å². The molecule has 0 heterocycles. The van der Waals surface area contributed by atoms with Crippen LogP contribution in [0.15, 0.2) is 0 Å². The molecule has 0 spiro atoms. The molecule has 0 aliphatic heterocycles. The van der Waals surface area contributed by atoms with Crippen LogP contribution in [-0.4, -0.2) is 45.2 Å². The van der Waals surface area contributed by atoms with Gasteiger partial charge in [-0.1, -0.05) is 32.5 Å². The lowest BCUT2D eigenvalue weighted by Gasteiger charge is -2.37. The van der Waals surface area contributed by atoms with Crippen molar-refractivity contribution >= 4 is 19.7 Å². The standard InChI is InChI=1S/C10H25ClNSi/c1-6-13(5,7-2)10-12(3,4)9-8-11/h6-10H2,1-5H3/q+1. The number of halogens is 1. The molecule has 0 aromatic carbocycles. The highest BCUT2D eigenvalue weighted by Gasteiger charge is 2.31. The fourth-order valence-electron chi connectivity index (χ4n) is 1.81. The van der Waals surface area contributed by atoms with Crippen molar-refractivity contribution in [3.8, 4) is 0 Å². The Hall–Kier alpha value is 0.467. The van der Waals surface area contributed by atoms with Crippen molar-refractivity contribution in [2.75, 3.05) is 32.7 Å². The van der Waals surface area contributed by atoms with Crippen LogP contribution in [0.5, 0.6) is 0 Å². The SMILES string of the molecule is CC[Si](C)(CC)C[N+](C)(C)CCCl. The van der Waals surface area contributed by atoms with Gasteiger partial charge in [-0.05, 0) is 0 Å². The van der Waals surface area contributed by atoms with E-state index in [0.717, 1.165) is 16.9 Å². The fraction of sp³-hybridized carbons (Fsp3) is 1.00. The lowest BCUT2D eigenvalue weighted by Crippen LogP contribution is -2.53. The zero-order valence-electron chi connectivity index (χ0n) is 9.86. The Morgan fingerprint density at radius 2 is 1.62 bits per heavy atom. The van der Waals surface area contributed by atoms with Crippen LogP contribution < -0.4 is 0 Å². The Labute approximate surface area is 89.7 Å². The second-order valence-electron chi connectivity index (χ2n) is 5.02. The van der Waals surface area contributed by atoms with Gasteiger partial charge in [0, 0.05) is 0 Å². The normalized spacial score (nSPS) is 13.4. The van der Waals surface area contributed by atoms with E-state index in [-0.39, 0.29) is 0 Å². The molecule has 1 nitrogen and oxygen atoms in total. The Morgan fingerprint density at radius 1 is 1.15 bits per heavy atom. The van der Waals surface area contributed by atoms with E-state index in [1.807, 2.05) is 0 Å². The highest BCUT2D eigenvalue weighted by atomic mass is 35.5. The molecule has 0 bridgehead atoms. The third kappa shape index (κ3) is 5.04. The summed E-state index contributed by atoms with van der Waals surface area (Å²) in [6.45, 7) is 8.30. The van der Waals surface area contributed by atoms with E-state index in [0.29, 0.717) is 0 Å².